The number of hydrogen-bond acceptors (Lipinski definition) is 4. The van der Waals surface area contributed by atoms with E-state index >= 15 is 0 Å². The van der Waals surface area contributed by atoms with E-state index in [0.717, 1.165) is 0 Å². The van der Waals surface area contributed by atoms with Crippen molar-refractivity contribution in [3.63, 3.8) is 0 Å². The van der Waals surface area contributed by atoms with Crippen LogP contribution < -0.4 is 11.5 Å². The van der Waals surface area contributed by atoms with Crippen LogP contribution in [0.5, 0.6) is 0 Å². The standard InChI is InChI=1S/C11H14N2O3/c12-8-3-1-2-7(6-8)11(16)9(13)4-5-10(14)15/h1-3,6,9H,4-5,12-13H2,(H,14,15)/t9-/m0/s1. The molecule has 0 saturated carbocycles. The fourth-order valence-electron chi connectivity index (χ4n) is 1.32. The van der Waals surface area contributed by atoms with Gasteiger partial charge in [-0.2, -0.15) is 0 Å². The molecule has 16 heavy (non-hydrogen) atoms. The number of carbonyl (C=O) groups is 2. The molecule has 0 unspecified atom stereocenters. The summed E-state index contributed by atoms with van der Waals surface area (Å²) in [6.45, 7) is 0. The largest absolute Gasteiger partial charge is 0.481 e. The van der Waals surface area contributed by atoms with Crippen LogP contribution in [-0.2, 0) is 4.79 Å². The normalized spacial score (nSPS) is 12.1. The quantitative estimate of drug-likeness (QED) is 0.500. The van der Waals surface area contributed by atoms with Crippen LogP contribution in [0.15, 0.2) is 24.3 Å². The zero-order valence-electron chi connectivity index (χ0n) is 8.72. The molecule has 1 aromatic carbocycles. The predicted molar refractivity (Wildman–Crippen MR) is 60.0 cm³/mol. The summed E-state index contributed by atoms with van der Waals surface area (Å²) in [6.07, 6.45) is 0.0121. The predicted octanol–water partition coefficient (Wildman–Crippen LogP) is 0.644. The summed E-state index contributed by atoms with van der Waals surface area (Å²) >= 11 is 0. The third kappa shape index (κ3) is 3.36. The van der Waals surface area contributed by atoms with Crippen LogP contribution in [0.2, 0.25) is 0 Å². The van der Waals surface area contributed by atoms with E-state index in [1.54, 1.807) is 18.2 Å². The molecule has 0 aliphatic heterocycles. The van der Waals surface area contributed by atoms with Gasteiger partial charge in [0, 0.05) is 17.7 Å². The second kappa shape index (κ2) is 5.27. The average Bonchev–Trinajstić information content (AvgIpc) is 2.24. The molecular weight excluding hydrogens is 208 g/mol. The van der Waals surface area contributed by atoms with E-state index in [0.29, 0.717) is 11.3 Å². The second-order valence-electron chi connectivity index (χ2n) is 3.53. The molecule has 86 valence electrons. The van der Waals surface area contributed by atoms with Crippen molar-refractivity contribution in [1.29, 1.82) is 0 Å². The zero-order valence-corrected chi connectivity index (χ0v) is 8.72. The first kappa shape index (κ1) is 12.2. The number of hydrogen-bond donors (Lipinski definition) is 3. The van der Waals surface area contributed by atoms with Gasteiger partial charge in [0.05, 0.1) is 6.04 Å². The Morgan fingerprint density at radius 2 is 2.06 bits per heavy atom. The molecule has 5 N–H and O–H groups in total. The number of benzene rings is 1. The number of carboxylic acid groups (broad SMARTS) is 1. The number of carbonyl (C=O) groups excluding carboxylic acids is 1. The van der Waals surface area contributed by atoms with Gasteiger partial charge >= 0.3 is 5.97 Å². The Bertz CT molecular complexity index is 404. The Hall–Kier alpha value is -1.88. The second-order valence-corrected chi connectivity index (χ2v) is 3.53. The van der Waals surface area contributed by atoms with Gasteiger partial charge in [-0.25, -0.2) is 0 Å². The van der Waals surface area contributed by atoms with Crippen molar-refractivity contribution in [2.75, 3.05) is 5.73 Å². The summed E-state index contributed by atoms with van der Waals surface area (Å²) in [4.78, 5) is 22.1. The topological polar surface area (TPSA) is 106 Å². The van der Waals surface area contributed by atoms with Gasteiger partial charge in [0.1, 0.15) is 0 Å². The van der Waals surface area contributed by atoms with Gasteiger partial charge in [-0.3, -0.25) is 9.59 Å². The number of nitrogen functional groups attached to an aromatic ring is 1. The van der Waals surface area contributed by atoms with Crippen LogP contribution >= 0.6 is 0 Å². The smallest absolute Gasteiger partial charge is 0.303 e. The van der Waals surface area contributed by atoms with Crippen LogP contribution in [0, 0.1) is 0 Å². The summed E-state index contributed by atoms with van der Waals surface area (Å²) in [5, 5.41) is 8.47. The number of ketones is 1. The molecule has 1 aromatic rings. The molecule has 0 fully saturated rings. The molecule has 0 aliphatic carbocycles. The highest BCUT2D eigenvalue weighted by Crippen LogP contribution is 2.10. The van der Waals surface area contributed by atoms with Crippen LogP contribution in [-0.4, -0.2) is 22.9 Å². The average molecular weight is 222 g/mol. The Balaban J connectivity index is 2.67. The molecular formula is C11H14N2O3. The zero-order chi connectivity index (χ0) is 12.1. The lowest BCUT2D eigenvalue weighted by atomic mass is 10.0. The molecule has 1 rings (SSSR count). The van der Waals surface area contributed by atoms with E-state index in [1.807, 2.05) is 0 Å². The summed E-state index contributed by atoms with van der Waals surface area (Å²) in [6, 6.07) is 5.67. The SMILES string of the molecule is Nc1cccc(C(=O)[C@@H](N)CCC(=O)O)c1. The van der Waals surface area contributed by atoms with Gasteiger partial charge in [0.25, 0.3) is 0 Å². The first-order valence-corrected chi connectivity index (χ1v) is 4.88. The lowest BCUT2D eigenvalue weighted by molar-refractivity contribution is -0.137. The van der Waals surface area contributed by atoms with Gasteiger partial charge in [-0.15, -0.1) is 0 Å². The van der Waals surface area contributed by atoms with Crippen LogP contribution in [0.4, 0.5) is 5.69 Å². The monoisotopic (exact) mass is 222 g/mol. The van der Waals surface area contributed by atoms with Crippen molar-refractivity contribution in [2.45, 2.75) is 18.9 Å². The molecule has 5 heteroatoms. The molecule has 0 amide bonds. The van der Waals surface area contributed by atoms with E-state index in [-0.39, 0.29) is 18.6 Å². The molecule has 0 heterocycles. The van der Waals surface area contributed by atoms with Crippen molar-refractivity contribution in [2.24, 2.45) is 5.73 Å². The minimum absolute atomic E-state index is 0.116. The Kier molecular flexibility index (Phi) is 4.02. The van der Waals surface area contributed by atoms with E-state index in [9.17, 15) is 9.59 Å². The van der Waals surface area contributed by atoms with Crippen LogP contribution in [0.3, 0.4) is 0 Å². The summed E-state index contributed by atoms with van der Waals surface area (Å²) in [5.74, 6) is -1.25. The van der Waals surface area contributed by atoms with Gasteiger partial charge in [0.15, 0.2) is 5.78 Å². The first-order chi connectivity index (χ1) is 7.50. The highest BCUT2D eigenvalue weighted by molar-refractivity contribution is 6.00. The number of nitrogens with two attached hydrogens (primary N) is 2. The van der Waals surface area contributed by atoms with E-state index in [4.69, 9.17) is 16.6 Å². The number of rotatable bonds is 5. The Labute approximate surface area is 93.1 Å². The summed E-state index contributed by atoms with van der Waals surface area (Å²) in [5.41, 5.74) is 12.0. The van der Waals surface area contributed by atoms with Crippen LogP contribution in [0.1, 0.15) is 23.2 Å². The minimum Gasteiger partial charge on any atom is -0.481 e. The van der Waals surface area contributed by atoms with Crippen molar-refractivity contribution < 1.29 is 14.7 Å². The lowest BCUT2D eigenvalue weighted by Gasteiger charge is -2.09. The van der Waals surface area contributed by atoms with Crippen molar-refractivity contribution in [1.82, 2.24) is 0 Å². The first-order valence-electron chi connectivity index (χ1n) is 4.88. The maximum Gasteiger partial charge on any atom is 0.303 e. The number of Topliss-reactive ketones (excluding diaryl/α,β-unsaturated/α-hetero) is 1. The Morgan fingerprint density at radius 3 is 2.62 bits per heavy atom. The van der Waals surface area contributed by atoms with Crippen molar-refractivity contribution in [3.8, 4) is 0 Å². The van der Waals surface area contributed by atoms with Gasteiger partial charge in [-0.1, -0.05) is 12.1 Å². The lowest BCUT2D eigenvalue weighted by Crippen LogP contribution is -2.31. The molecule has 0 saturated heterocycles. The van der Waals surface area contributed by atoms with E-state index < -0.39 is 12.0 Å². The molecule has 0 radical (unpaired) electrons. The Morgan fingerprint density at radius 1 is 1.38 bits per heavy atom. The molecule has 0 aromatic heterocycles. The number of aliphatic carboxylic acids is 1. The van der Waals surface area contributed by atoms with Crippen LogP contribution in [0.25, 0.3) is 0 Å². The van der Waals surface area contributed by atoms with Crippen molar-refractivity contribution in [3.05, 3.63) is 29.8 Å². The summed E-state index contributed by atoms with van der Waals surface area (Å²) < 4.78 is 0. The fourth-order valence-corrected chi connectivity index (χ4v) is 1.32. The van der Waals surface area contributed by atoms with Gasteiger partial charge in [0.2, 0.25) is 0 Å². The molecule has 5 nitrogen and oxygen atoms in total. The van der Waals surface area contributed by atoms with Gasteiger partial charge < -0.3 is 16.6 Å². The highest BCUT2D eigenvalue weighted by Gasteiger charge is 2.16. The maximum absolute atomic E-state index is 11.7. The molecule has 0 spiro atoms. The molecule has 1 atom stereocenters. The maximum atomic E-state index is 11.7. The van der Waals surface area contributed by atoms with Gasteiger partial charge in [-0.05, 0) is 18.6 Å². The fraction of sp³-hybridized carbons (Fsp3) is 0.273. The third-order valence-electron chi connectivity index (χ3n) is 2.18. The van der Waals surface area contributed by atoms with Crippen molar-refractivity contribution >= 4 is 17.4 Å². The third-order valence-corrected chi connectivity index (χ3v) is 2.18. The number of anilines is 1. The summed E-state index contributed by atoms with van der Waals surface area (Å²) in [7, 11) is 0. The molecule has 0 bridgehead atoms. The highest BCUT2D eigenvalue weighted by atomic mass is 16.4. The molecule has 0 aliphatic rings. The van der Waals surface area contributed by atoms with E-state index in [1.165, 1.54) is 6.07 Å². The minimum atomic E-state index is -0.962. The van der Waals surface area contributed by atoms with E-state index in [2.05, 4.69) is 0 Å². The number of carboxylic acids is 1.